The minimum atomic E-state index is -0.485. The Hall–Kier alpha value is -2.49. The number of non-ortho nitro benzene ring substituents is 1. The van der Waals surface area contributed by atoms with Gasteiger partial charge < -0.3 is 0 Å². The fourth-order valence-corrected chi connectivity index (χ4v) is 1.52. The zero-order valence-corrected chi connectivity index (χ0v) is 9.42. The van der Waals surface area contributed by atoms with E-state index in [0.717, 1.165) is 0 Å². The van der Waals surface area contributed by atoms with Gasteiger partial charge in [0.1, 0.15) is 5.83 Å². The summed E-state index contributed by atoms with van der Waals surface area (Å²) in [5, 5.41) is 10.5. The Morgan fingerprint density at radius 2 is 1.67 bits per heavy atom. The van der Waals surface area contributed by atoms with Crippen LogP contribution in [0.3, 0.4) is 0 Å². The number of nitrogens with zero attached hydrogens (tertiary/aromatic N) is 1. The third-order valence-electron chi connectivity index (χ3n) is 2.45. The molecular weight excluding hydrogens is 233 g/mol. The van der Waals surface area contributed by atoms with E-state index < -0.39 is 4.92 Å². The molecule has 0 aliphatic heterocycles. The summed E-state index contributed by atoms with van der Waals surface area (Å²) >= 11 is 0. The van der Waals surface area contributed by atoms with Crippen molar-refractivity contribution < 1.29 is 9.31 Å². The lowest BCUT2D eigenvalue weighted by Gasteiger charge is -1.98. The van der Waals surface area contributed by atoms with E-state index in [1.807, 2.05) is 6.07 Å². The summed E-state index contributed by atoms with van der Waals surface area (Å²) in [6, 6.07) is 14.4. The number of halogens is 1. The van der Waals surface area contributed by atoms with E-state index in [0.29, 0.717) is 11.1 Å². The Morgan fingerprint density at radius 1 is 1.06 bits per heavy atom. The molecule has 0 aliphatic rings. The average molecular weight is 243 g/mol. The van der Waals surface area contributed by atoms with Gasteiger partial charge in [0.2, 0.25) is 0 Å². The normalized spacial score (nSPS) is 11.3. The first-order chi connectivity index (χ1) is 8.66. The maximum absolute atomic E-state index is 13.8. The highest BCUT2D eigenvalue weighted by molar-refractivity contribution is 5.76. The van der Waals surface area contributed by atoms with E-state index in [4.69, 9.17) is 0 Å². The first-order valence-corrected chi connectivity index (χ1v) is 5.34. The summed E-state index contributed by atoms with van der Waals surface area (Å²) in [6.07, 6.45) is 1.35. The van der Waals surface area contributed by atoms with Crippen LogP contribution in [0.1, 0.15) is 11.1 Å². The van der Waals surface area contributed by atoms with E-state index in [1.165, 1.54) is 30.3 Å². The van der Waals surface area contributed by atoms with Crippen molar-refractivity contribution in [2.75, 3.05) is 0 Å². The lowest BCUT2D eigenvalue weighted by molar-refractivity contribution is -0.384. The first kappa shape index (κ1) is 12.0. The molecule has 2 rings (SSSR count). The molecule has 0 fully saturated rings. The largest absolute Gasteiger partial charge is 0.269 e. The Kier molecular flexibility index (Phi) is 3.48. The molecule has 2 aromatic carbocycles. The predicted molar refractivity (Wildman–Crippen MR) is 68.5 cm³/mol. The van der Waals surface area contributed by atoms with Crippen LogP contribution in [0.15, 0.2) is 54.6 Å². The van der Waals surface area contributed by atoms with Crippen LogP contribution >= 0.6 is 0 Å². The van der Waals surface area contributed by atoms with Gasteiger partial charge in [0, 0.05) is 17.7 Å². The summed E-state index contributed by atoms with van der Waals surface area (Å²) in [5.74, 6) is -0.371. The monoisotopic (exact) mass is 243 g/mol. The molecule has 2 aromatic rings. The lowest BCUT2D eigenvalue weighted by Crippen LogP contribution is -1.86. The number of benzene rings is 2. The first-order valence-electron chi connectivity index (χ1n) is 5.34. The van der Waals surface area contributed by atoms with Gasteiger partial charge in [0.25, 0.3) is 5.69 Å². The van der Waals surface area contributed by atoms with Crippen molar-refractivity contribution in [2.24, 2.45) is 0 Å². The molecule has 0 amide bonds. The molecule has 0 aromatic heterocycles. The van der Waals surface area contributed by atoms with Gasteiger partial charge >= 0.3 is 0 Å². The van der Waals surface area contributed by atoms with Gasteiger partial charge in [-0.3, -0.25) is 10.1 Å². The van der Waals surface area contributed by atoms with Crippen molar-refractivity contribution in [2.45, 2.75) is 0 Å². The van der Waals surface area contributed by atoms with Gasteiger partial charge in [0.05, 0.1) is 4.92 Å². The van der Waals surface area contributed by atoms with Crippen LogP contribution < -0.4 is 0 Å². The quantitative estimate of drug-likeness (QED) is 0.463. The number of rotatable bonds is 3. The van der Waals surface area contributed by atoms with Crippen molar-refractivity contribution in [3.8, 4) is 0 Å². The number of nitro benzene ring substituents is 1. The third kappa shape index (κ3) is 2.79. The fraction of sp³-hybridized carbons (Fsp3) is 0. The second-order valence-electron chi connectivity index (χ2n) is 3.71. The summed E-state index contributed by atoms with van der Waals surface area (Å²) in [6.45, 7) is 0. The van der Waals surface area contributed by atoms with E-state index in [-0.39, 0.29) is 11.5 Å². The molecule has 0 bridgehead atoms. The molecule has 0 spiro atoms. The zero-order valence-electron chi connectivity index (χ0n) is 9.42. The van der Waals surface area contributed by atoms with Crippen LogP contribution in [-0.2, 0) is 0 Å². The highest BCUT2D eigenvalue weighted by Gasteiger charge is 2.04. The van der Waals surface area contributed by atoms with Gasteiger partial charge in [-0.2, -0.15) is 0 Å². The third-order valence-corrected chi connectivity index (χ3v) is 2.45. The molecule has 0 unspecified atom stereocenters. The highest BCUT2D eigenvalue weighted by atomic mass is 19.1. The van der Waals surface area contributed by atoms with Gasteiger partial charge in [-0.1, -0.05) is 30.3 Å². The van der Waals surface area contributed by atoms with E-state index in [9.17, 15) is 14.5 Å². The Bertz CT molecular complexity index is 577. The Labute approximate surface area is 103 Å². The van der Waals surface area contributed by atoms with E-state index in [2.05, 4.69) is 0 Å². The van der Waals surface area contributed by atoms with Crippen molar-refractivity contribution >= 4 is 17.6 Å². The van der Waals surface area contributed by atoms with Gasteiger partial charge in [-0.25, -0.2) is 4.39 Å². The smallest absolute Gasteiger partial charge is 0.258 e. The van der Waals surface area contributed by atoms with Crippen molar-refractivity contribution in [1.82, 2.24) is 0 Å². The molecule has 3 nitrogen and oxygen atoms in total. The molecule has 4 heteroatoms. The lowest BCUT2D eigenvalue weighted by atomic mass is 10.1. The molecule has 0 N–H and O–H groups in total. The maximum Gasteiger partial charge on any atom is 0.269 e. The van der Waals surface area contributed by atoms with Crippen molar-refractivity contribution in [1.29, 1.82) is 0 Å². The summed E-state index contributed by atoms with van der Waals surface area (Å²) in [5.41, 5.74) is 1.06. The van der Waals surface area contributed by atoms with E-state index in [1.54, 1.807) is 24.3 Å². The molecule has 0 radical (unpaired) electrons. The zero-order chi connectivity index (χ0) is 13.0. The standard InChI is InChI=1S/C14H10FNO2/c15-14(12-4-2-1-3-5-12)10-11-6-8-13(9-7-11)16(17)18/h1-10H/b14-10+. The number of hydrogen-bond donors (Lipinski definition) is 0. The molecule has 18 heavy (non-hydrogen) atoms. The second-order valence-corrected chi connectivity index (χ2v) is 3.71. The van der Waals surface area contributed by atoms with Gasteiger partial charge in [-0.15, -0.1) is 0 Å². The minimum absolute atomic E-state index is 0.00716. The van der Waals surface area contributed by atoms with Crippen molar-refractivity contribution in [3.63, 3.8) is 0 Å². The topological polar surface area (TPSA) is 43.1 Å². The fourth-order valence-electron chi connectivity index (χ4n) is 1.52. The molecule has 0 saturated carbocycles. The minimum Gasteiger partial charge on any atom is -0.258 e. The summed E-state index contributed by atoms with van der Waals surface area (Å²) < 4.78 is 13.8. The molecule has 90 valence electrons. The molecule has 0 heterocycles. The second kappa shape index (κ2) is 5.23. The van der Waals surface area contributed by atoms with E-state index >= 15 is 0 Å². The molecule has 0 aliphatic carbocycles. The average Bonchev–Trinajstić information content (AvgIpc) is 2.40. The predicted octanol–water partition coefficient (Wildman–Crippen LogP) is 4.06. The van der Waals surface area contributed by atoms with Gasteiger partial charge in [0.15, 0.2) is 0 Å². The summed E-state index contributed by atoms with van der Waals surface area (Å²) in [7, 11) is 0. The maximum atomic E-state index is 13.8. The van der Waals surface area contributed by atoms with Crippen LogP contribution in [0, 0.1) is 10.1 Å². The van der Waals surface area contributed by atoms with Crippen LogP contribution in [0.4, 0.5) is 10.1 Å². The van der Waals surface area contributed by atoms with Crippen LogP contribution in [-0.4, -0.2) is 4.92 Å². The Morgan fingerprint density at radius 3 is 2.22 bits per heavy atom. The van der Waals surface area contributed by atoms with Gasteiger partial charge in [-0.05, 0) is 23.8 Å². The highest BCUT2D eigenvalue weighted by Crippen LogP contribution is 2.20. The van der Waals surface area contributed by atoms with Crippen LogP contribution in [0.25, 0.3) is 11.9 Å². The molecule has 0 saturated heterocycles. The summed E-state index contributed by atoms with van der Waals surface area (Å²) in [4.78, 5) is 9.99. The van der Waals surface area contributed by atoms with Crippen molar-refractivity contribution in [3.05, 3.63) is 75.8 Å². The molecule has 0 atom stereocenters. The number of hydrogen-bond acceptors (Lipinski definition) is 2. The molecular formula is C14H10FNO2. The SMILES string of the molecule is O=[N+]([O-])c1ccc(/C=C(/F)c2ccccc2)cc1. The van der Waals surface area contributed by atoms with Crippen LogP contribution in [0.2, 0.25) is 0 Å². The van der Waals surface area contributed by atoms with Crippen LogP contribution in [0.5, 0.6) is 0 Å². The Balaban J connectivity index is 2.25. The number of nitro groups is 1.